The largest absolute Gasteiger partial charge is 0.497 e. The lowest BCUT2D eigenvalue weighted by Gasteiger charge is -2.16. The van der Waals surface area contributed by atoms with Crippen LogP contribution in [0.4, 0.5) is 0 Å². The second-order valence-corrected chi connectivity index (χ2v) is 4.65. The summed E-state index contributed by atoms with van der Waals surface area (Å²) in [6, 6.07) is 12.5. The Kier molecular flexibility index (Phi) is 4.53. The number of ether oxygens (including phenoxy) is 1. The first-order valence-electron chi connectivity index (χ1n) is 6.45. The quantitative estimate of drug-likeness (QED) is 0.893. The van der Waals surface area contributed by atoms with Gasteiger partial charge in [-0.2, -0.15) is 0 Å². The molecular formula is C16H20N2O. The molecule has 1 aromatic heterocycles. The zero-order valence-electron chi connectivity index (χ0n) is 11.7. The molecule has 0 amide bonds. The van der Waals surface area contributed by atoms with Crippen LogP contribution in [-0.4, -0.2) is 19.1 Å². The molecule has 2 aromatic rings. The zero-order valence-corrected chi connectivity index (χ0v) is 11.7. The van der Waals surface area contributed by atoms with Gasteiger partial charge in [-0.15, -0.1) is 0 Å². The number of aromatic nitrogens is 1. The highest BCUT2D eigenvalue weighted by Crippen LogP contribution is 2.20. The summed E-state index contributed by atoms with van der Waals surface area (Å²) in [6.45, 7) is 2.09. The Morgan fingerprint density at radius 2 is 2.11 bits per heavy atom. The van der Waals surface area contributed by atoms with Gasteiger partial charge in [-0.3, -0.25) is 4.98 Å². The molecule has 2 rings (SSSR count). The van der Waals surface area contributed by atoms with Crippen molar-refractivity contribution in [2.24, 2.45) is 0 Å². The summed E-state index contributed by atoms with van der Waals surface area (Å²) in [5.41, 5.74) is 3.54. The molecule has 3 nitrogen and oxygen atoms in total. The second-order valence-electron chi connectivity index (χ2n) is 4.65. The van der Waals surface area contributed by atoms with Crippen molar-refractivity contribution in [1.29, 1.82) is 0 Å². The van der Waals surface area contributed by atoms with Gasteiger partial charge < -0.3 is 10.1 Å². The van der Waals surface area contributed by atoms with Gasteiger partial charge in [-0.1, -0.05) is 12.1 Å². The Bertz CT molecular complexity index is 540. The van der Waals surface area contributed by atoms with Crippen molar-refractivity contribution in [3.8, 4) is 5.75 Å². The number of hydrogen-bond acceptors (Lipinski definition) is 3. The summed E-state index contributed by atoms with van der Waals surface area (Å²) in [4.78, 5) is 4.46. The van der Waals surface area contributed by atoms with E-state index in [9.17, 15) is 0 Å². The third kappa shape index (κ3) is 3.55. The van der Waals surface area contributed by atoms with Gasteiger partial charge in [-0.05, 0) is 55.8 Å². The van der Waals surface area contributed by atoms with Gasteiger partial charge in [0.15, 0.2) is 0 Å². The molecule has 1 unspecified atom stereocenters. The highest BCUT2D eigenvalue weighted by atomic mass is 16.5. The van der Waals surface area contributed by atoms with Crippen molar-refractivity contribution in [1.82, 2.24) is 10.3 Å². The maximum atomic E-state index is 5.26. The number of aryl methyl sites for hydroxylation is 1. The molecule has 0 radical (unpaired) electrons. The molecule has 19 heavy (non-hydrogen) atoms. The Balaban J connectivity index is 2.18. The average molecular weight is 256 g/mol. The van der Waals surface area contributed by atoms with Gasteiger partial charge in [0.25, 0.3) is 0 Å². The average Bonchev–Trinajstić information content (AvgIpc) is 2.45. The minimum atomic E-state index is 0.215. The van der Waals surface area contributed by atoms with Crippen molar-refractivity contribution in [2.45, 2.75) is 19.4 Å². The maximum Gasteiger partial charge on any atom is 0.119 e. The van der Waals surface area contributed by atoms with E-state index in [2.05, 4.69) is 35.4 Å². The molecule has 0 aliphatic heterocycles. The van der Waals surface area contributed by atoms with Crippen molar-refractivity contribution in [2.75, 3.05) is 14.2 Å². The van der Waals surface area contributed by atoms with Gasteiger partial charge in [0.2, 0.25) is 0 Å². The highest BCUT2D eigenvalue weighted by Gasteiger charge is 2.12. The molecule has 1 atom stereocenters. The van der Waals surface area contributed by atoms with Crippen LogP contribution in [0.15, 0.2) is 42.6 Å². The third-order valence-corrected chi connectivity index (χ3v) is 3.22. The zero-order chi connectivity index (χ0) is 13.7. The molecule has 0 bridgehead atoms. The summed E-state index contributed by atoms with van der Waals surface area (Å²) in [7, 11) is 3.66. The molecule has 0 saturated heterocycles. The van der Waals surface area contributed by atoms with Crippen LogP contribution in [0.25, 0.3) is 0 Å². The monoisotopic (exact) mass is 256 g/mol. The van der Waals surface area contributed by atoms with Crippen molar-refractivity contribution in [3.05, 3.63) is 59.4 Å². The SMILES string of the molecule is CNC(Cc1cccc(OC)c1)c1cc(C)ccn1. The normalized spacial score (nSPS) is 12.2. The molecule has 100 valence electrons. The molecular weight excluding hydrogens is 236 g/mol. The first-order valence-corrected chi connectivity index (χ1v) is 6.45. The fraction of sp³-hybridized carbons (Fsp3) is 0.312. The molecule has 0 aliphatic carbocycles. The summed E-state index contributed by atoms with van der Waals surface area (Å²) < 4.78 is 5.26. The summed E-state index contributed by atoms with van der Waals surface area (Å²) in [5, 5.41) is 3.33. The molecule has 0 fully saturated rings. The maximum absolute atomic E-state index is 5.26. The molecule has 0 aliphatic rings. The van der Waals surface area contributed by atoms with Crippen LogP contribution < -0.4 is 10.1 Å². The van der Waals surface area contributed by atoms with E-state index >= 15 is 0 Å². The molecule has 0 spiro atoms. The van der Waals surface area contributed by atoms with E-state index in [0.717, 1.165) is 17.9 Å². The minimum Gasteiger partial charge on any atom is -0.497 e. The summed E-state index contributed by atoms with van der Waals surface area (Å²) in [5.74, 6) is 0.893. The Hall–Kier alpha value is -1.87. The first kappa shape index (κ1) is 13.6. The number of likely N-dealkylation sites (N-methyl/N-ethyl adjacent to an activating group) is 1. The van der Waals surface area contributed by atoms with E-state index in [1.165, 1.54) is 11.1 Å². The van der Waals surface area contributed by atoms with Gasteiger partial charge in [0, 0.05) is 6.20 Å². The third-order valence-electron chi connectivity index (χ3n) is 3.22. The molecule has 0 saturated carbocycles. The summed E-state index contributed by atoms with van der Waals surface area (Å²) in [6.07, 6.45) is 2.75. The van der Waals surface area contributed by atoms with Crippen molar-refractivity contribution < 1.29 is 4.74 Å². The molecule has 1 heterocycles. The topological polar surface area (TPSA) is 34.1 Å². The lowest BCUT2D eigenvalue weighted by Crippen LogP contribution is -2.20. The number of benzene rings is 1. The number of rotatable bonds is 5. The van der Waals surface area contributed by atoms with Crippen LogP contribution in [0.5, 0.6) is 5.75 Å². The van der Waals surface area contributed by atoms with E-state index in [1.807, 2.05) is 31.4 Å². The van der Waals surface area contributed by atoms with Crippen LogP contribution in [0, 0.1) is 6.92 Å². The van der Waals surface area contributed by atoms with Crippen LogP contribution in [0.3, 0.4) is 0 Å². The number of nitrogens with zero attached hydrogens (tertiary/aromatic N) is 1. The minimum absolute atomic E-state index is 0.215. The van der Waals surface area contributed by atoms with E-state index in [0.29, 0.717) is 0 Å². The van der Waals surface area contributed by atoms with Crippen LogP contribution in [0.1, 0.15) is 22.9 Å². The van der Waals surface area contributed by atoms with Gasteiger partial charge in [-0.25, -0.2) is 0 Å². The first-order chi connectivity index (χ1) is 9.22. The van der Waals surface area contributed by atoms with Crippen molar-refractivity contribution in [3.63, 3.8) is 0 Å². The molecule has 3 heteroatoms. The molecule has 1 aromatic carbocycles. The van der Waals surface area contributed by atoms with Crippen LogP contribution in [-0.2, 0) is 6.42 Å². The van der Waals surface area contributed by atoms with E-state index in [4.69, 9.17) is 4.74 Å². The van der Waals surface area contributed by atoms with E-state index < -0.39 is 0 Å². The Morgan fingerprint density at radius 1 is 1.26 bits per heavy atom. The number of methoxy groups -OCH3 is 1. The van der Waals surface area contributed by atoms with Crippen LogP contribution >= 0.6 is 0 Å². The number of pyridine rings is 1. The van der Waals surface area contributed by atoms with Crippen LogP contribution in [0.2, 0.25) is 0 Å². The van der Waals surface area contributed by atoms with E-state index in [-0.39, 0.29) is 6.04 Å². The Morgan fingerprint density at radius 3 is 2.79 bits per heavy atom. The van der Waals surface area contributed by atoms with Gasteiger partial charge in [0.05, 0.1) is 18.8 Å². The predicted octanol–water partition coefficient (Wildman–Crippen LogP) is 2.90. The second kappa shape index (κ2) is 6.34. The summed E-state index contributed by atoms with van der Waals surface area (Å²) >= 11 is 0. The fourth-order valence-corrected chi connectivity index (χ4v) is 2.14. The van der Waals surface area contributed by atoms with Crippen molar-refractivity contribution >= 4 is 0 Å². The van der Waals surface area contributed by atoms with Gasteiger partial charge >= 0.3 is 0 Å². The predicted molar refractivity (Wildman–Crippen MR) is 77.5 cm³/mol. The number of hydrogen-bond donors (Lipinski definition) is 1. The standard InChI is InChI=1S/C16H20N2O/c1-12-7-8-18-16(9-12)15(17-2)11-13-5-4-6-14(10-13)19-3/h4-10,15,17H,11H2,1-3H3. The highest BCUT2D eigenvalue weighted by molar-refractivity contribution is 5.30. The number of nitrogens with one attached hydrogen (secondary N) is 1. The van der Waals surface area contributed by atoms with E-state index in [1.54, 1.807) is 7.11 Å². The fourth-order valence-electron chi connectivity index (χ4n) is 2.14. The lowest BCUT2D eigenvalue weighted by atomic mass is 10.0. The smallest absolute Gasteiger partial charge is 0.119 e. The van der Waals surface area contributed by atoms with Gasteiger partial charge in [0.1, 0.15) is 5.75 Å². The Labute approximate surface area is 114 Å². The molecule has 1 N–H and O–H groups in total. The lowest BCUT2D eigenvalue weighted by molar-refractivity contribution is 0.414.